The van der Waals surface area contributed by atoms with Gasteiger partial charge in [0, 0.05) is 29.3 Å². The highest BCUT2D eigenvalue weighted by atomic mass is 32.1. The predicted octanol–water partition coefficient (Wildman–Crippen LogP) is 4.77. The normalized spacial score (nSPS) is 19.4. The fourth-order valence-corrected chi connectivity index (χ4v) is 6.40. The Morgan fingerprint density at radius 2 is 1.97 bits per heavy atom. The average Bonchev–Trinajstić information content (AvgIpc) is 3.39. The van der Waals surface area contributed by atoms with Crippen LogP contribution in [-0.4, -0.2) is 35.6 Å². The predicted molar refractivity (Wildman–Crippen MR) is 138 cm³/mol. The van der Waals surface area contributed by atoms with Crippen molar-refractivity contribution in [3.05, 3.63) is 58.0 Å². The van der Waals surface area contributed by atoms with Gasteiger partial charge in [-0.1, -0.05) is 42.8 Å². The zero-order valence-electron chi connectivity index (χ0n) is 19.4. The Bertz CT molecular complexity index is 1090. The molecular formula is C26H33N5O2S. The number of amides is 3. The SMILES string of the molecule is N=C1CCc2c(sc(NC(N)=O)c2C(N)=O)/C1=C/CCCCC1CCN(Cc2ccccc2)C1. The fourth-order valence-electron chi connectivity index (χ4n) is 5.08. The summed E-state index contributed by atoms with van der Waals surface area (Å²) in [4.78, 5) is 26.8. The molecule has 0 spiro atoms. The largest absolute Gasteiger partial charge is 0.365 e. The Balaban J connectivity index is 1.31. The first kappa shape index (κ1) is 24.2. The van der Waals surface area contributed by atoms with Gasteiger partial charge in [0.05, 0.1) is 5.56 Å². The molecule has 1 atom stereocenters. The quantitative estimate of drug-likeness (QED) is 0.387. The Hall–Kier alpha value is -2.97. The van der Waals surface area contributed by atoms with Gasteiger partial charge in [0.2, 0.25) is 0 Å². The van der Waals surface area contributed by atoms with Crippen molar-refractivity contribution in [1.82, 2.24) is 4.90 Å². The molecule has 180 valence electrons. The minimum Gasteiger partial charge on any atom is -0.365 e. The van der Waals surface area contributed by atoms with Gasteiger partial charge in [0.15, 0.2) is 0 Å². The number of hydrogen-bond acceptors (Lipinski definition) is 5. The molecule has 6 N–H and O–H groups in total. The van der Waals surface area contributed by atoms with Crippen LogP contribution in [0.3, 0.4) is 0 Å². The van der Waals surface area contributed by atoms with Crippen LogP contribution in [0.25, 0.3) is 5.57 Å². The molecule has 1 fully saturated rings. The van der Waals surface area contributed by atoms with Crippen molar-refractivity contribution < 1.29 is 9.59 Å². The van der Waals surface area contributed by atoms with Gasteiger partial charge in [0.1, 0.15) is 5.00 Å². The first-order valence-electron chi connectivity index (χ1n) is 12.0. The summed E-state index contributed by atoms with van der Waals surface area (Å²) in [5, 5.41) is 11.4. The van der Waals surface area contributed by atoms with E-state index in [-0.39, 0.29) is 0 Å². The van der Waals surface area contributed by atoms with Gasteiger partial charge < -0.3 is 16.9 Å². The number of thiophene rings is 1. The van der Waals surface area contributed by atoms with Crippen LogP contribution >= 0.6 is 11.3 Å². The van der Waals surface area contributed by atoms with E-state index in [0.717, 1.165) is 41.3 Å². The standard InChI is InChI=1S/C26H33N5O2S/c27-21-12-11-20-22(24(28)32)25(30-26(29)33)34-23(20)19(21)10-6-2-5-9-18-13-14-31(16-18)15-17-7-3-1-4-8-17/h1,3-4,7-8,10,18,27H,2,5-6,9,11-16H2,(H2,28,32)(H3,29,30,33)/b19-10+,27-21?. The first-order chi connectivity index (χ1) is 16.4. The van der Waals surface area contributed by atoms with Crippen LogP contribution in [0.1, 0.15) is 64.9 Å². The molecule has 1 aromatic heterocycles. The lowest BCUT2D eigenvalue weighted by Crippen LogP contribution is -2.22. The van der Waals surface area contributed by atoms with Gasteiger partial charge in [0.25, 0.3) is 5.91 Å². The third-order valence-corrected chi connectivity index (χ3v) is 7.90. The molecule has 0 bridgehead atoms. The van der Waals surface area contributed by atoms with E-state index in [0.29, 0.717) is 29.1 Å². The molecule has 1 aliphatic carbocycles. The Morgan fingerprint density at radius 1 is 1.18 bits per heavy atom. The Labute approximate surface area is 204 Å². The molecular weight excluding hydrogens is 446 g/mol. The van der Waals surface area contributed by atoms with Crippen LogP contribution in [0.4, 0.5) is 9.80 Å². The van der Waals surface area contributed by atoms with Crippen LogP contribution in [0, 0.1) is 11.3 Å². The summed E-state index contributed by atoms with van der Waals surface area (Å²) < 4.78 is 0. The lowest BCUT2D eigenvalue weighted by Gasteiger charge is -2.17. The van der Waals surface area contributed by atoms with E-state index in [1.807, 2.05) is 0 Å². The van der Waals surface area contributed by atoms with Gasteiger partial charge in [-0.25, -0.2) is 4.79 Å². The van der Waals surface area contributed by atoms with E-state index in [1.54, 1.807) is 0 Å². The van der Waals surface area contributed by atoms with E-state index in [4.69, 9.17) is 16.9 Å². The number of carbonyl (C=O) groups excluding carboxylic acids is 2. The van der Waals surface area contributed by atoms with Crippen molar-refractivity contribution in [3.63, 3.8) is 0 Å². The molecule has 7 nitrogen and oxygen atoms in total. The second-order valence-electron chi connectivity index (χ2n) is 9.22. The highest BCUT2D eigenvalue weighted by Gasteiger charge is 2.29. The highest BCUT2D eigenvalue weighted by molar-refractivity contribution is 7.18. The molecule has 8 heteroatoms. The number of nitrogens with one attached hydrogen (secondary N) is 2. The van der Waals surface area contributed by atoms with Gasteiger partial charge in [-0.05, 0) is 62.1 Å². The number of fused-ring (bicyclic) bond motifs is 1. The number of nitrogens with two attached hydrogens (primary N) is 2. The molecule has 0 saturated carbocycles. The van der Waals surface area contributed by atoms with Crippen LogP contribution in [0.5, 0.6) is 0 Å². The number of primary amides is 2. The summed E-state index contributed by atoms with van der Waals surface area (Å²) >= 11 is 1.29. The van der Waals surface area contributed by atoms with Crippen molar-refractivity contribution in [2.75, 3.05) is 18.4 Å². The molecule has 1 aliphatic heterocycles. The minimum atomic E-state index is -0.726. The molecule has 34 heavy (non-hydrogen) atoms. The molecule has 1 saturated heterocycles. The van der Waals surface area contributed by atoms with Gasteiger partial charge >= 0.3 is 6.03 Å². The summed E-state index contributed by atoms with van der Waals surface area (Å²) in [6, 6.07) is 9.94. The highest BCUT2D eigenvalue weighted by Crippen LogP contribution is 2.42. The maximum absolute atomic E-state index is 12.0. The Kier molecular flexibility index (Phi) is 7.80. The zero-order valence-corrected chi connectivity index (χ0v) is 20.3. The van der Waals surface area contributed by atoms with Crippen LogP contribution in [0.15, 0.2) is 36.4 Å². The van der Waals surface area contributed by atoms with E-state index >= 15 is 0 Å². The molecule has 2 aliphatic rings. The number of likely N-dealkylation sites (tertiary alicyclic amines) is 1. The van der Waals surface area contributed by atoms with E-state index in [9.17, 15) is 9.59 Å². The number of carbonyl (C=O) groups is 2. The average molecular weight is 480 g/mol. The van der Waals surface area contributed by atoms with E-state index in [1.165, 1.54) is 49.3 Å². The van der Waals surface area contributed by atoms with Gasteiger partial charge in [-0.15, -0.1) is 11.3 Å². The number of rotatable bonds is 9. The lowest BCUT2D eigenvalue weighted by atomic mass is 9.89. The minimum absolute atomic E-state index is 0.332. The number of allylic oxidation sites excluding steroid dienone is 2. The van der Waals surface area contributed by atoms with Crippen molar-refractivity contribution in [3.8, 4) is 0 Å². The summed E-state index contributed by atoms with van der Waals surface area (Å²) in [6.45, 7) is 3.38. The van der Waals surface area contributed by atoms with Crippen molar-refractivity contribution in [1.29, 1.82) is 5.41 Å². The summed E-state index contributed by atoms with van der Waals surface area (Å²) in [5.41, 5.74) is 14.8. The molecule has 1 unspecified atom stereocenters. The zero-order chi connectivity index (χ0) is 24.1. The first-order valence-corrected chi connectivity index (χ1v) is 12.8. The van der Waals surface area contributed by atoms with Crippen molar-refractivity contribution >= 4 is 39.6 Å². The lowest BCUT2D eigenvalue weighted by molar-refractivity contribution is 0.100. The van der Waals surface area contributed by atoms with Crippen molar-refractivity contribution in [2.45, 2.75) is 51.5 Å². The summed E-state index contributed by atoms with van der Waals surface area (Å²) in [6.07, 6.45) is 8.87. The molecule has 2 aromatic rings. The monoisotopic (exact) mass is 479 g/mol. The Morgan fingerprint density at radius 3 is 2.71 bits per heavy atom. The second kappa shape index (κ2) is 11.0. The van der Waals surface area contributed by atoms with Gasteiger partial charge in [-0.3, -0.25) is 15.0 Å². The number of anilines is 1. The number of unbranched alkanes of at least 4 members (excludes halogenated alkanes) is 2. The second-order valence-corrected chi connectivity index (χ2v) is 10.2. The molecule has 2 heterocycles. The van der Waals surface area contributed by atoms with Crippen LogP contribution < -0.4 is 16.8 Å². The molecule has 3 amide bonds. The summed E-state index contributed by atoms with van der Waals surface area (Å²) in [7, 11) is 0. The van der Waals surface area contributed by atoms with Gasteiger partial charge in [-0.2, -0.15) is 0 Å². The molecule has 4 rings (SSSR count). The number of urea groups is 1. The summed E-state index contributed by atoms with van der Waals surface area (Å²) in [5.74, 6) is 0.181. The fraction of sp³-hybridized carbons (Fsp3) is 0.423. The van der Waals surface area contributed by atoms with Crippen LogP contribution in [0.2, 0.25) is 0 Å². The molecule has 0 radical (unpaired) electrons. The number of hydrogen-bond donors (Lipinski definition) is 4. The maximum Gasteiger partial charge on any atom is 0.317 e. The number of benzene rings is 1. The van der Waals surface area contributed by atoms with E-state index < -0.39 is 11.9 Å². The molecule has 1 aromatic carbocycles. The third-order valence-electron chi connectivity index (χ3n) is 6.72. The van der Waals surface area contributed by atoms with E-state index in [2.05, 4.69) is 46.6 Å². The smallest absolute Gasteiger partial charge is 0.317 e. The van der Waals surface area contributed by atoms with Crippen LogP contribution in [-0.2, 0) is 13.0 Å². The van der Waals surface area contributed by atoms with Crippen molar-refractivity contribution in [2.24, 2.45) is 17.4 Å². The third kappa shape index (κ3) is 5.74. The number of nitrogens with zero attached hydrogens (tertiary/aromatic N) is 1. The topological polar surface area (TPSA) is 125 Å². The maximum atomic E-state index is 12.0.